The molecule has 9 rings (SSSR count). The molecule has 0 unspecified atom stereocenters. The van der Waals surface area contributed by atoms with Crippen LogP contribution in [0.25, 0.3) is 43.6 Å². The normalized spacial score (nSPS) is 13.3. The van der Waals surface area contributed by atoms with Crippen LogP contribution >= 0.6 is 0 Å². The van der Waals surface area contributed by atoms with Crippen molar-refractivity contribution in [2.75, 3.05) is 30.5 Å². The first-order chi connectivity index (χ1) is 44.8. The van der Waals surface area contributed by atoms with Gasteiger partial charge >= 0.3 is 0 Å². The van der Waals surface area contributed by atoms with E-state index in [2.05, 4.69) is 45.4 Å². The van der Waals surface area contributed by atoms with E-state index < -0.39 is 60.1 Å². The van der Waals surface area contributed by atoms with Crippen molar-refractivity contribution in [3.05, 3.63) is 133 Å². The molecule has 3 heterocycles. The maximum atomic E-state index is 12.4. The Morgan fingerprint density at radius 2 is 0.958 bits per heavy atom. The zero-order valence-electron chi connectivity index (χ0n) is 58.0. The van der Waals surface area contributed by atoms with E-state index in [1.54, 1.807) is 114 Å². The summed E-state index contributed by atoms with van der Waals surface area (Å²) >= 11 is 0. The summed E-state index contributed by atoms with van der Waals surface area (Å²) in [5.41, 5.74) is 3.30. The molecule has 8 aromatic rings. The zero-order valence-corrected chi connectivity index (χ0v) is 62.8. The Labute approximate surface area is 571 Å². The minimum Gasteiger partial charge on any atom is -0.443 e. The van der Waals surface area contributed by atoms with Gasteiger partial charge < -0.3 is 13.8 Å². The summed E-state index contributed by atoms with van der Waals surface area (Å²) in [6, 6.07) is 35.1. The van der Waals surface area contributed by atoms with Crippen LogP contribution in [0.2, 0.25) is 0 Å². The highest BCUT2D eigenvalue weighted by molar-refractivity contribution is 7.90. The summed E-state index contributed by atoms with van der Waals surface area (Å²) < 4.78 is 167. The van der Waals surface area contributed by atoms with Gasteiger partial charge in [-0.2, -0.15) is 0 Å². The molecule has 0 atom stereocenters. The molecule has 1 saturated carbocycles. The fourth-order valence-electron chi connectivity index (χ4n) is 10.1. The van der Waals surface area contributed by atoms with Crippen LogP contribution in [0.5, 0.6) is 0 Å². The van der Waals surface area contributed by atoms with E-state index in [0.29, 0.717) is 44.3 Å². The van der Waals surface area contributed by atoms with Crippen LogP contribution in [0, 0.1) is 5.92 Å². The van der Waals surface area contributed by atoms with Crippen LogP contribution in [-0.2, 0) is 65.9 Å². The number of aromatic nitrogens is 2. The molecule has 0 amide bonds. The van der Waals surface area contributed by atoms with Gasteiger partial charge in [-0.3, -0.25) is 4.98 Å². The summed E-state index contributed by atoms with van der Waals surface area (Å²) in [5.74, 6) is 0.828. The molecule has 29 heteroatoms. The highest BCUT2D eigenvalue weighted by atomic mass is 32.2. The molecule has 0 radical (unpaired) electrons. The predicted octanol–water partition coefficient (Wildman–Crippen LogP) is 11.7. The number of hydrogen-bond donors (Lipinski definition) is 6. The van der Waals surface area contributed by atoms with E-state index >= 15 is 0 Å². The Balaban J connectivity index is 0.000000247. The molecule has 5 aromatic carbocycles. The Hall–Kier alpha value is -5.96. The molecular formula is C67H101N9O14S6. The lowest BCUT2D eigenvalue weighted by atomic mass is 10.1. The second-order valence-electron chi connectivity index (χ2n) is 25.3. The van der Waals surface area contributed by atoms with Crippen molar-refractivity contribution in [3.63, 3.8) is 0 Å². The summed E-state index contributed by atoms with van der Waals surface area (Å²) in [5, 5.41) is 7.59. The third kappa shape index (κ3) is 28.1. The Morgan fingerprint density at radius 3 is 1.52 bits per heavy atom. The van der Waals surface area contributed by atoms with Crippen LogP contribution in [-0.4, -0.2) is 122 Å². The molecule has 1 aliphatic rings. The van der Waals surface area contributed by atoms with Crippen LogP contribution in [0.3, 0.4) is 0 Å². The smallest absolute Gasteiger partial charge is 0.274 e. The standard InChI is InChI=1S/C15H20N2O2S.C12H14N2O2S.C11H14N2O3S.C11H13NO3S.C9H19NO2S.C9H21NO2S/c1-11(2)16-20(18,19)15-10-6-7-12-13(15)8-5-9-14(12)17(3)4;1-9(2)14-17(15,16)12-7-3-6-11-10(12)5-4-8-13-11;1-8(2)13-17(14,15)7-10-9-5-3-4-6-11(9)16-12-10;1-8(2)12-16(13,14)11-7-9-5-3-4-6-10(9)15-11;1-8(2)10-13(11,12)7-9-5-3-4-6-9;1-4-5-6-7-8-13(11,12)10-9(2)3/h5-11,16H,1-4H3;3-9,14H,1-2H3;3-6,8,13H,7H2,1-2H3;3-8,12H,1-2H3;8-10H,3-7H2,1-2H3;9-10H,4-8H2,1-3H3. The highest BCUT2D eigenvalue weighted by Crippen LogP contribution is 2.31. The Morgan fingerprint density at radius 1 is 0.479 bits per heavy atom. The number of hydrogen-bond acceptors (Lipinski definition) is 17. The second-order valence-corrected chi connectivity index (χ2v) is 35.7. The van der Waals surface area contributed by atoms with Crippen LogP contribution in [0.15, 0.2) is 151 Å². The fourth-order valence-corrected chi connectivity index (χ4v) is 18.8. The first-order valence-electron chi connectivity index (χ1n) is 32.2. The molecule has 0 aliphatic heterocycles. The van der Waals surface area contributed by atoms with E-state index in [-0.39, 0.29) is 57.7 Å². The number of furan rings is 1. The summed E-state index contributed by atoms with van der Waals surface area (Å²) in [7, 11) is -16.0. The molecule has 6 N–H and O–H groups in total. The van der Waals surface area contributed by atoms with Gasteiger partial charge in [-0.05, 0) is 163 Å². The molecule has 96 heavy (non-hydrogen) atoms. The van der Waals surface area contributed by atoms with Crippen molar-refractivity contribution >= 4 is 109 Å². The van der Waals surface area contributed by atoms with Gasteiger partial charge in [0.1, 0.15) is 17.0 Å². The topological polar surface area (TPSA) is 332 Å². The minimum atomic E-state index is -3.54. The first-order valence-corrected chi connectivity index (χ1v) is 41.6. The number of pyridine rings is 1. The van der Waals surface area contributed by atoms with Crippen LogP contribution in [0.1, 0.15) is 147 Å². The average Bonchev–Trinajstić information content (AvgIpc) is 1.10. The van der Waals surface area contributed by atoms with Crippen molar-refractivity contribution in [1.82, 2.24) is 38.5 Å². The van der Waals surface area contributed by atoms with Crippen LogP contribution in [0.4, 0.5) is 5.69 Å². The van der Waals surface area contributed by atoms with Crippen molar-refractivity contribution in [3.8, 4) is 0 Å². The Kier molecular flexibility index (Phi) is 32.5. The number of para-hydroxylation sites is 2. The van der Waals surface area contributed by atoms with E-state index in [4.69, 9.17) is 8.94 Å². The van der Waals surface area contributed by atoms with Crippen molar-refractivity contribution in [2.24, 2.45) is 5.92 Å². The monoisotopic (exact) mass is 1450 g/mol. The fraction of sp³-hybridized carbons (Fsp3) is 0.493. The number of rotatable bonds is 25. The summed E-state index contributed by atoms with van der Waals surface area (Å²) in [6.07, 6.45) is 10.2. The number of anilines is 1. The molecule has 0 saturated heterocycles. The maximum absolute atomic E-state index is 12.4. The van der Waals surface area contributed by atoms with E-state index in [0.717, 1.165) is 65.8 Å². The third-order valence-electron chi connectivity index (χ3n) is 13.6. The highest BCUT2D eigenvalue weighted by Gasteiger charge is 2.25. The molecule has 1 fully saturated rings. The largest absolute Gasteiger partial charge is 0.443 e. The van der Waals surface area contributed by atoms with Gasteiger partial charge in [0.05, 0.1) is 26.8 Å². The number of sulfonamides is 6. The predicted molar refractivity (Wildman–Crippen MR) is 388 cm³/mol. The maximum Gasteiger partial charge on any atom is 0.274 e. The first kappa shape index (κ1) is 82.5. The SMILES string of the molecule is CC(C)NS(=O)(=O)CC1CCCC1.CC(C)NS(=O)(=O)Cc1noc2ccccc12.CC(C)NS(=O)(=O)c1cc2ccccc2o1.CC(C)NS(=O)(=O)c1cccc2c(N(C)C)cccc12.CC(C)NS(=O)(=O)c1cccc2ncccc12.CCCCCCS(=O)(=O)NC(C)C. The molecular weight excluding hydrogens is 1350 g/mol. The second kappa shape index (κ2) is 37.8. The molecule has 534 valence electrons. The van der Waals surface area contributed by atoms with Gasteiger partial charge in [0.15, 0.2) is 5.58 Å². The van der Waals surface area contributed by atoms with Crippen molar-refractivity contribution < 1.29 is 59.4 Å². The number of unbranched alkanes of at least 4 members (excludes halogenated alkanes) is 3. The van der Waals surface area contributed by atoms with Gasteiger partial charge in [0.25, 0.3) is 10.0 Å². The zero-order chi connectivity index (χ0) is 71.8. The van der Waals surface area contributed by atoms with E-state index in [1.807, 2.05) is 109 Å². The van der Waals surface area contributed by atoms with Gasteiger partial charge in [-0.15, -0.1) is 0 Å². The molecule has 23 nitrogen and oxygen atoms in total. The number of nitrogens with zero attached hydrogens (tertiary/aromatic N) is 3. The molecule has 0 bridgehead atoms. The number of fused-ring (bicyclic) bond motifs is 4. The Bertz CT molecular complexity index is 4400. The number of nitrogens with one attached hydrogen (secondary N) is 6. The summed E-state index contributed by atoms with van der Waals surface area (Å²) in [6.45, 7) is 23.8. The van der Waals surface area contributed by atoms with Gasteiger partial charge in [0, 0.05) is 95.2 Å². The lowest BCUT2D eigenvalue weighted by Gasteiger charge is -2.17. The summed E-state index contributed by atoms with van der Waals surface area (Å²) in [4.78, 5) is 6.72. The quantitative estimate of drug-likeness (QED) is 0.0290. The van der Waals surface area contributed by atoms with E-state index in [1.165, 1.54) is 18.9 Å². The molecule has 1 aliphatic carbocycles. The van der Waals surface area contributed by atoms with Gasteiger partial charge in [-0.25, -0.2) is 78.8 Å². The number of benzene rings is 5. The average molecular weight is 1450 g/mol. The molecule has 3 aromatic heterocycles. The minimum absolute atomic E-state index is 0.0103. The van der Waals surface area contributed by atoms with Crippen LogP contribution < -0.4 is 33.2 Å². The van der Waals surface area contributed by atoms with Crippen molar-refractivity contribution in [1.29, 1.82) is 0 Å². The molecule has 0 spiro atoms. The van der Waals surface area contributed by atoms with Gasteiger partial charge in [-0.1, -0.05) is 105 Å². The third-order valence-corrected chi connectivity index (χ3v) is 23.4. The van der Waals surface area contributed by atoms with Gasteiger partial charge in [0.2, 0.25) is 55.2 Å². The van der Waals surface area contributed by atoms with E-state index in [9.17, 15) is 50.5 Å². The lowest BCUT2D eigenvalue weighted by Crippen LogP contribution is -2.34. The lowest BCUT2D eigenvalue weighted by molar-refractivity contribution is 0.448. The van der Waals surface area contributed by atoms with Crippen molar-refractivity contribution in [2.45, 2.75) is 198 Å².